The van der Waals surface area contributed by atoms with Gasteiger partial charge in [-0.25, -0.2) is 0 Å². The number of aryl methyl sites for hydroxylation is 1. The molecular weight excluding hydrogens is 244 g/mol. The molecular formula is C14H18N2OS. The highest BCUT2D eigenvalue weighted by Crippen LogP contribution is 2.28. The molecule has 0 saturated heterocycles. The molecule has 3 N–H and O–H groups in total. The summed E-state index contributed by atoms with van der Waals surface area (Å²) in [4.78, 5) is 0. The van der Waals surface area contributed by atoms with Gasteiger partial charge in [-0.3, -0.25) is 11.3 Å². The largest absolute Gasteiger partial charge is 0.496 e. The van der Waals surface area contributed by atoms with E-state index in [2.05, 4.69) is 35.2 Å². The predicted molar refractivity (Wildman–Crippen MR) is 75.8 cm³/mol. The summed E-state index contributed by atoms with van der Waals surface area (Å²) in [6.07, 6.45) is 0.861. The van der Waals surface area contributed by atoms with Crippen LogP contribution in [-0.4, -0.2) is 7.11 Å². The third-order valence-electron chi connectivity index (χ3n) is 2.98. The van der Waals surface area contributed by atoms with Crippen LogP contribution in [0, 0.1) is 6.92 Å². The smallest absolute Gasteiger partial charge is 0.123 e. The summed E-state index contributed by atoms with van der Waals surface area (Å²) in [6.45, 7) is 2.07. The van der Waals surface area contributed by atoms with Crippen LogP contribution >= 0.6 is 11.3 Å². The lowest BCUT2D eigenvalue weighted by molar-refractivity contribution is 0.399. The molecule has 4 heteroatoms. The number of rotatable bonds is 5. The van der Waals surface area contributed by atoms with Crippen LogP contribution in [-0.2, 0) is 6.42 Å². The van der Waals surface area contributed by atoms with Gasteiger partial charge in [0.25, 0.3) is 0 Å². The number of methoxy groups -OCH3 is 1. The molecule has 0 spiro atoms. The van der Waals surface area contributed by atoms with Gasteiger partial charge in [-0.15, -0.1) is 0 Å². The van der Waals surface area contributed by atoms with Crippen LogP contribution in [0.5, 0.6) is 5.75 Å². The number of hydrogen-bond acceptors (Lipinski definition) is 4. The molecule has 0 amide bonds. The van der Waals surface area contributed by atoms with Crippen molar-refractivity contribution in [2.24, 2.45) is 5.84 Å². The second kappa shape index (κ2) is 6.00. The fourth-order valence-electron chi connectivity index (χ4n) is 2.03. The van der Waals surface area contributed by atoms with E-state index in [0.717, 1.165) is 17.7 Å². The van der Waals surface area contributed by atoms with E-state index in [1.54, 1.807) is 18.4 Å². The highest BCUT2D eigenvalue weighted by molar-refractivity contribution is 7.07. The van der Waals surface area contributed by atoms with Crippen molar-refractivity contribution in [2.45, 2.75) is 19.4 Å². The van der Waals surface area contributed by atoms with Gasteiger partial charge in [0.15, 0.2) is 0 Å². The Morgan fingerprint density at radius 2 is 2.22 bits per heavy atom. The molecule has 1 unspecified atom stereocenters. The Balaban J connectivity index is 2.28. The normalized spacial score (nSPS) is 12.4. The minimum Gasteiger partial charge on any atom is -0.496 e. The molecule has 96 valence electrons. The lowest BCUT2D eigenvalue weighted by atomic mass is 9.98. The molecule has 3 nitrogen and oxygen atoms in total. The van der Waals surface area contributed by atoms with Gasteiger partial charge in [0.05, 0.1) is 13.2 Å². The summed E-state index contributed by atoms with van der Waals surface area (Å²) in [5.74, 6) is 6.57. The van der Waals surface area contributed by atoms with E-state index in [1.807, 2.05) is 12.1 Å². The summed E-state index contributed by atoms with van der Waals surface area (Å²) in [6, 6.07) is 8.34. The quantitative estimate of drug-likeness (QED) is 0.643. The average Bonchev–Trinajstić information content (AvgIpc) is 2.88. The summed E-state index contributed by atoms with van der Waals surface area (Å²) >= 11 is 1.70. The van der Waals surface area contributed by atoms with Gasteiger partial charge >= 0.3 is 0 Å². The van der Waals surface area contributed by atoms with Crippen molar-refractivity contribution in [2.75, 3.05) is 7.11 Å². The number of hydrogen-bond donors (Lipinski definition) is 2. The second-order valence-electron chi connectivity index (χ2n) is 4.30. The lowest BCUT2D eigenvalue weighted by Gasteiger charge is -2.19. The van der Waals surface area contributed by atoms with Crippen LogP contribution in [0.1, 0.15) is 22.7 Å². The van der Waals surface area contributed by atoms with Crippen LogP contribution in [0.15, 0.2) is 35.0 Å². The van der Waals surface area contributed by atoms with E-state index in [4.69, 9.17) is 10.6 Å². The first kappa shape index (κ1) is 13.1. The molecule has 0 aliphatic rings. The van der Waals surface area contributed by atoms with Crippen LogP contribution in [0.25, 0.3) is 0 Å². The standard InChI is InChI=1S/C14H18N2OS/c1-10-3-4-14(17-2)12(7-10)13(16-15)8-11-5-6-18-9-11/h3-7,9,13,16H,8,15H2,1-2H3. The van der Waals surface area contributed by atoms with E-state index < -0.39 is 0 Å². The number of ether oxygens (including phenoxy) is 1. The van der Waals surface area contributed by atoms with Crippen molar-refractivity contribution in [3.05, 3.63) is 51.7 Å². The maximum atomic E-state index is 5.69. The Kier molecular flexibility index (Phi) is 4.36. The van der Waals surface area contributed by atoms with Gasteiger partial charge in [0, 0.05) is 5.56 Å². The van der Waals surface area contributed by atoms with Crippen LogP contribution in [0.3, 0.4) is 0 Å². The lowest BCUT2D eigenvalue weighted by Crippen LogP contribution is -2.29. The van der Waals surface area contributed by atoms with Gasteiger partial charge < -0.3 is 4.74 Å². The van der Waals surface area contributed by atoms with E-state index in [9.17, 15) is 0 Å². The number of thiophene rings is 1. The molecule has 2 rings (SSSR count). The van der Waals surface area contributed by atoms with Crippen molar-refractivity contribution < 1.29 is 4.74 Å². The molecule has 2 aromatic rings. The van der Waals surface area contributed by atoms with Gasteiger partial charge in [-0.1, -0.05) is 17.7 Å². The molecule has 0 aliphatic carbocycles. The fraction of sp³-hybridized carbons (Fsp3) is 0.286. The first-order chi connectivity index (χ1) is 8.74. The molecule has 1 aromatic carbocycles. The fourth-order valence-corrected chi connectivity index (χ4v) is 2.71. The predicted octanol–water partition coefficient (Wildman–Crippen LogP) is 2.81. The maximum absolute atomic E-state index is 5.69. The highest BCUT2D eigenvalue weighted by Gasteiger charge is 2.15. The first-order valence-electron chi connectivity index (χ1n) is 5.86. The summed E-state index contributed by atoms with van der Waals surface area (Å²) in [7, 11) is 1.69. The van der Waals surface area contributed by atoms with Gasteiger partial charge in [0.2, 0.25) is 0 Å². The Hall–Kier alpha value is -1.36. The molecule has 1 heterocycles. The third-order valence-corrected chi connectivity index (χ3v) is 3.71. The van der Waals surface area contributed by atoms with E-state index in [0.29, 0.717) is 0 Å². The Morgan fingerprint density at radius 1 is 1.39 bits per heavy atom. The number of nitrogens with two attached hydrogens (primary N) is 1. The molecule has 18 heavy (non-hydrogen) atoms. The number of benzene rings is 1. The summed E-state index contributed by atoms with van der Waals surface area (Å²) < 4.78 is 5.41. The van der Waals surface area contributed by atoms with Crippen LogP contribution < -0.4 is 16.0 Å². The maximum Gasteiger partial charge on any atom is 0.123 e. The first-order valence-corrected chi connectivity index (χ1v) is 6.80. The van der Waals surface area contributed by atoms with Gasteiger partial charge in [-0.05, 0) is 41.8 Å². The molecule has 1 atom stereocenters. The Bertz CT molecular complexity index is 497. The zero-order chi connectivity index (χ0) is 13.0. The van der Waals surface area contributed by atoms with Crippen molar-refractivity contribution in [3.8, 4) is 5.75 Å². The molecule has 0 fully saturated rings. The molecule has 0 radical (unpaired) electrons. The van der Waals surface area contributed by atoms with Gasteiger partial charge in [0.1, 0.15) is 5.75 Å². The zero-order valence-corrected chi connectivity index (χ0v) is 11.5. The topological polar surface area (TPSA) is 47.3 Å². The zero-order valence-electron chi connectivity index (χ0n) is 10.6. The Labute approximate surface area is 112 Å². The van der Waals surface area contributed by atoms with E-state index >= 15 is 0 Å². The highest BCUT2D eigenvalue weighted by atomic mass is 32.1. The molecule has 0 saturated carbocycles. The molecule has 0 bridgehead atoms. The minimum atomic E-state index is 0.0643. The van der Waals surface area contributed by atoms with Crippen LogP contribution in [0.2, 0.25) is 0 Å². The average molecular weight is 262 g/mol. The van der Waals surface area contributed by atoms with Crippen molar-refractivity contribution in [3.63, 3.8) is 0 Å². The van der Waals surface area contributed by atoms with Crippen LogP contribution in [0.4, 0.5) is 0 Å². The van der Waals surface area contributed by atoms with Crippen molar-refractivity contribution in [1.82, 2.24) is 5.43 Å². The van der Waals surface area contributed by atoms with Crippen molar-refractivity contribution >= 4 is 11.3 Å². The molecule has 1 aromatic heterocycles. The molecule has 0 aliphatic heterocycles. The van der Waals surface area contributed by atoms with E-state index in [1.165, 1.54) is 11.1 Å². The SMILES string of the molecule is COc1ccc(C)cc1C(Cc1ccsc1)NN. The second-order valence-corrected chi connectivity index (χ2v) is 5.08. The third kappa shape index (κ3) is 2.90. The minimum absolute atomic E-state index is 0.0643. The summed E-state index contributed by atoms with van der Waals surface area (Å²) in [5.41, 5.74) is 6.47. The monoisotopic (exact) mass is 262 g/mol. The Morgan fingerprint density at radius 3 is 2.83 bits per heavy atom. The number of nitrogens with one attached hydrogen (secondary N) is 1. The van der Waals surface area contributed by atoms with Gasteiger partial charge in [-0.2, -0.15) is 11.3 Å². The summed E-state index contributed by atoms with van der Waals surface area (Å²) in [5, 5.41) is 4.23. The van der Waals surface area contributed by atoms with E-state index in [-0.39, 0.29) is 6.04 Å². The number of hydrazine groups is 1. The van der Waals surface area contributed by atoms with Crippen molar-refractivity contribution in [1.29, 1.82) is 0 Å².